The molecule has 2 aliphatic rings. The fourth-order valence-electron chi connectivity index (χ4n) is 4.87. The highest BCUT2D eigenvalue weighted by atomic mass is 16.5. The smallest absolute Gasteiger partial charge is 0.210 e. The third-order valence-corrected chi connectivity index (χ3v) is 6.44. The van der Waals surface area contributed by atoms with E-state index in [1.165, 1.54) is 16.3 Å². The Morgan fingerprint density at radius 3 is 2.68 bits per heavy atom. The number of rotatable bonds is 3. The van der Waals surface area contributed by atoms with Gasteiger partial charge in [-0.1, -0.05) is 42.5 Å². The molecule has 31 heavy (non-hydrogen) atoms. The maximum absolute atomic E-state index is 9.68. The number of fused-ring (bicyclic) bond motifs is 4. The van der Waals surface area contributed by atoms with Crippen LogP contribution >= 0.6 is 0 Å². The largest absolute Gasteiger partial charge is 0.439 e. The van der Waals surface area contributed by atoms with Gasteiger partial charge in [-0.05, 0) is 42.0 Å². The molecule has 2 heterocycles. The van der Waals surface area contributed by atoms with Gasteiger partial charge in [0.2, 0.25) is 5.69 Å². The van der Waals surface area contributed by atoms with Gasteiger partial charge in [-0.3, -0.25) is 0 Å². The Morgan fingerprint density at radius 2 is 1.87 bits per heavy atom. The van der Waals surface area contributed by atoms with E-state index in [-0.39, 0.29) is 5.41 Å². The predicted octanol–water partition coefficient (Wildman–Crippen LogP) is 5.67. The molecule has 1 atom stereocenters. The summed E-state index contributed by atoms with van der Waals surface area (Å²) in [5, 5.41) is 12.1. The summed E-state index contributed by atoms with van der Waals surface area (Å²) in [5.41, 5.74) is 4.16. The van der Waals surface area contributed by atoms with E-state index in [1.54, 1.807) is 0 Å². The van der Waals surface area contributed by atoms with E-state index < -0.39 is 0 Å². The number of allylic oxidation sites excluding steroid dienone is 3. The first kappa shape index (κ1) is 19.1. The van der Waals surface area contributed by atoms with Crippen molar-refractivity contribution in [1.82, 2.24) is 0 Å². The molecule has 4 nitrogen and oxygen atoms in total. The van der Waals surface area contributed by atoms with Gasteiger partial charge in [-0.25, -0.2) is 0 Å². The Hall–Kier alpha value is -3.84. The van der Waals surface area contributed by atoms with Gasteiger partial charge in [0.05, 0.1) is 23.6 Å². The molecule has 0 bridgehead atoms. The van der Waals surface area contributed by atoms with Crippen molar-refractivity contribution >= 4 is 27.9 Å². The zero-order valence-electron chi connectivity index (χ0n) is 18.0. The van der Waals surface area contributed by atoms with E-state index in [0.717, 1.165) is 28.7 Å². The fraction of sp³-hybridized carbons (Fsp3) is 0.185. The summed E-state index contributed by atoms with van der Waals surface area (Å²) in [5.74, 6) is 1.65. The lowest BCUT2D eigenvalue weighted by molar-refractivity contribution is -0.401. The summed E-state index contributed by atoms with van der Waals surface area (Å²) in [6.45, 7) is 2.17. The van der Waals surface area contributed by atoms with Gasteiger partial charge in [-0.2, -0.15) is 9.84 Å². The number of hydrogen-bond donors (Lipinski definition) is 0. The van der Waals surface area contributed by atoms with E-state index in [2.05, 4.69) is 67.1 Å². The quantitative estimate of drug-likeness (QED) is 0.527. The minimum Gasteiger partial charge on any atom is -0.439 e. The molecule has 0 aromatic heterocycles. The Morgan fingerprint density at radius 1 is 1.10 bits per heavy atom. The molecule has 1 unspecified atom stereocenters. The number of nitriles is 1. The minimum absolute atomic E-state index is 0.389. The zero-order valence-corrected chi connectivity index (χ0v) is 18.0. The molecule has 3 aromatic rings. The molecule has 0 saturated carbocycles. The molecule has 0 fully saturated rings. The molecule has 4 heteroatoms. The van der Waals surface area contributed by atoms with Crippen molar-refractivity contribution in [3.8, 4) is 11.8 Å². The Kier molecular flexibility index (Phi) is 4.41. The average molecular weight is 407 g/mol. The third kappa shape index (κ3) is 2.85. The SMILES string of the molecule is CN1/C(=C/C=C/C2=[N+](C)c3ccc4ccccc4c3C2(C)CC#N)Oc2ccccc21. The van der Waals surface area contributed by atoms with Crippen LogP contribution in [0.25, 0.3) is 10.8 Å². The lowest BCUT2D eigenvalue weighted by Crippen LogP contribution is -2.30. The highest BCUT2D eigenvalue weighted by Gasteiger charge is 2.47. The van der Waals surface area contributed by atoms with Crippen LogP contribution in [0.15, 0.2) is 84.8 Å². The van der Waals surface area contributed by atoms with E-state index >= 15 is 0 Å². The van der Waals surface area contributed by atoms with Crippen molar-refractivity contribution in [3.63, 3.8) is 0 Å². The normalized spacial score (nSPS) is 21.0. The lowest BCUT2D eigenvalue weighted by atomic mass is 9.75. The molecule has 0 saturated heterocycles. The standard InChI is InChI=1S/C27H24N3O/c1-27(17-18-28)24(13-8-14-25-30(3)21-11-6-7-12-23(21)31-25)29(2)22-16-15-19-9-4-5-10-20(19)26(22)27/h4-16H,17H2,1-3H3/q+1. The van der Waals surface area contributed by atoms with Crippen LogP contribution in [0.3, 0.4) is 0 Å². The van der Waals surface area contributed by atoms with Crippen LogP contribution in [-0.2, 0) is 5.41 Å². The van der Waals surface area contributed by atoms with E-state index in [0.29, 0.717) is 6.42 Å². The molecule has 2 aliphatic heterocycles. The van der Waals surface area contributed by atoms with Gasteiger partial charge in [0.15, 0.2) is 17.3 Å². The van der Waals surface area contributed by atoms with Crippen molar-refractivity contribution in [2.45, 2.75) is 18.8 Å². The number of benzene rings is 3. The molecule has 0 N–H and O–H groups in total. The van der Waals surface area contributed by atoms with Crippen LogP contribution in [0.2, 0.25) is 0 Å². The van der Waals surface area contributed by atoms with Crippen LogP contribution in [0.4, 0.5) is 11.4 Å². The topological polar surface area (TPSA) is 39.3 Å². The highest BCUT2D eigenvalue weighted by molar-refractivity contribution is 6.08. The average Bonchev–Trinajstić information content (AvgIpc) is 3.21. The van der Waals surface area contributed by atoms with Crippen LogP contribution in [-0.4, -0.2) is 24.4 Å². The molecular formula is C27H24N3O+. The van der Waals surface area contributed by atoms with Gasteiger partial charge in [-0.15, -0.1) is 0 Å². The highest BCUT2D eigenvalue weighted by Crippen LogP contribution is 2.45. The minimum atomic E-state index is -0.389. The van der Waals surface area contributed by atoms with Gasteiger partial charge in [0.25, 0.3) is 0 Å². The monoisotopic (exact) mass is 406 g/mol. The Bertz CT molecular complexity index is 1340. The molecule has 0 aliphatic carbocycles. The predicted molar refractivity (Wildman–Crippen MR) is 125 cm³/mol. The Labute approximate surface area is 182 Å². The first-order valence-corrected chi connectivity index (χ1v) is 10.4. The molecule has 0 radical (unpaired) electrons. The van der Waals surface area contributed by atoms with Gasteiger partial charge < -0.3 is 9.64 Å². The van der Waals surface area contributed by atoms with Gasteiger partial charge in [0, 0.05) is 24.8 Å². The van der Waals surface area contributed by atoms with Gasteiger partial charge >= 0.3 is 0 Å². The van der Waals surface area contributed by atoms with Crippen molar-refractivity contribution in [2.24, 2.45) is 0 Å². The van der Waals surface area contributed by atoms with Crippen LogP contribution in [0.5, 0.6) is 5.75 Å². The molecule has 5 rings (SSSR count). The molecule has 0 spiro atoms. The second-order valence-corrected chi connectivity index (χ2v) is 8.28. The number of hydrogen-bond acceptors (Lipinski definition) is 3. The maximum Gasteiger partial charge on any atom is 0.210 e. The first-order valence-electron chi connectivity index (χ1n) is 10.4. The fourth-order valence-corrected chi connectivity index (χ4v) is 4.87. The van der Waals surface area contributed by atoms with Crippen molar-refractivity contribution < 1.29 is 9.31 Å². The van der Waals surface area contributed by atoms with Crippen LogP contribution in [0.1, 0.15) is 18.9 Å². The zero-order chi connectivity index (χ0) is 21.6. The summed E-state index contributed by atoms with van der Waals surface area (Å²) in [6, 6.07) is 23.2. The molecule has 152 valence electrons. The maximum atomic E-state index is 9.68. The summed E-state index contributed by atoms with van der Waals surface area (Å²) in [6.07, 6.45) is 6.53. The third-order valence-electron chi connectivity index (χ3n) is 6.44. The van der Waals surface area contributed by atoms with E-state index in [1.807, 2.05) is 48.4 Å². The molecule has 3 aromatic carbocycles. The van der Waals surface area contributed by atoms with Crippen molar-refractivity contribution in [3.05, 3.63) is 90.3 Å². The molecule has 0 amide bonds. The van der Waals surface area contributed by atoms with Crippen LogP contribution in [0, 0.1) is 11.3 Å². The lowest BCUT2D eigenvalue weighted by Gasteiger charge is -2.20. The number of ether oxygens (including phenoxy) is 1. The van der Waals surface area contributed by atoms with Crippen molar-refractivity contribution in [2.75, 3.05) is 19.0 Å². The van der Waals surface area contributed by atoms with Crippen molar-refractivity contribution in [1.29, 1.82) is 5.26 Å². The number of anilines is 1. The summed E-state index contributed by atoms with van der Waals surface area (Å²) >= 11 is 0. The van der Waals surface area contributed by atoms with E-state index in [4.69, 9.17) is 4.74 Å². The second kappa shape index (κ2) is 7.14. The number of nitrogens with zero attached hydrogens (tertiary/aromatic N) is 3. The number of para-hydroxylation sites is 2. The van der Waals surface area contributed by atoms with Crippen LogP contribution < -0.4 is 9.64 Å². The van der Waals surface area contributed by atoms with Gasteiger partial charge in [0.1, 0.15) is 7.05 Å². The summed E-state index contributed by atoms with van der Waals surface area (Å²) in [7, 11) is 4.08. The van der Waals surface area contributed by atoms with E-state index in [9.17, 15) is 5.26 Å². The Balaban J connectivity index is 1.55. The summed E-state index contributed by atoms with van der Waals surface area (Å²) < 4.78 is 8.20. The summed E-state index contributed by atoms with van der Waals surface area (Å²) in [4.78, 5) is 2.04. The molecular weight excluding hydrogens is 382 g/mol. The first-order chi connectivity index (χ1) is 15.0. The second-order valence-electron chi connectivity index (χ2n) is 8.28.